The van der Waals surface area contributed by atoms with Gasteiger partial charge < -0.3 is 4.74 Å². The molecule has 0 N–H and O–H groups in total. The van der Waals surface area contributed by atoms with Crippen LogP contribution in [0.25, 0.3) is 0 Å². The molecular weight excluding hydrogens is 213 g/mol. The number of nitrogens with zero attached hydrogens (tertiary/aromatic N) is 1. The lowest BCUT2D eigenvalue weighted by molar-refractivity contribution is -0.387. The third kappa shape index (κ3) is 3.00. The van der Waals surface area contributed by atoms with Gasteiger partial charge in [-0.25, -0.2) is 0 Å². The van der Waals surface area contributed by atoms with Crippen LogP contribution in [0.15, 0.2) is 18.2 Å². The summed E-state index contributed by atoms with van der Waals surface area (Å²) in [6.07, 6.45) is 0.829. The molecule has 0 aliphatic rings. The zero-order valence-corrected chi connectivity index (χ0v) is 9.27. The summed E-state index contributed by atoms with van der Waals surface area (Å²) in [5.74, 6) is -0.809. The first-order valence-corrected chi connectivity index (χ1v) is 5.09. The third-order valence-electron chi connectivity index (χ3n) is 2.35. The molecular formula is C11H14FNO3. The molecule has 0 amide bonds. The van der Waals surface area contributed by atoms with Crippen molar-refractivity contribution in [1.82, 2.24) is 0 Å². The predicted molar refractivity (Wildman–Crippen MR) is 57.6 cm³/mol. The lowest BCUT2D eigenvalue weighted by atomic mass is 10.2. The van der Waals surface area contributed by atoms with Gasteiger partial charge in [-0.15, -0.1) is 0 Å². The first-order chi connectivity index (χ1) is 7.56. The SMILES string of the molecule is CCC(C)OCc1cccc([N+](=O)[O-])c1F. The Kier molecular flexibility index (Phi) is 4.37. The molecule has 0 aromatic heterocycles. The Balaban J connectivity index is 2.81. The van der Waals surface area contributed by atoms with E-state index >= 15 is 0 Å². The van der Waals surface area contributed by atoms with E-state index in [-0.39, 0.29) is 18.3 Å². The number of ether oxygens (including phenoxy) is 1. The second-order valence-electron chi connectivity index (χ2n) is 3.54. The number of rotatable bonds is 5. The number of nitro groups is 1. The van der Waals surface area contributed by atoms with Gasteiger partial charge in [0.05, 0.1) is 17.6 Å². The van der Waals surface area contributed by atoms with Crippen LogP contribution in [-0.4, -0.2) is 11.0 Å². The largest absolute Gasteiger partial charge is 0.374 e. The minimum absolute atomic E-state index is 0.0127. The highest BCUT2D eigenvalue weighted by atomic mass is 19.1. The summed E-state index contributed by atoms with van der Waals surface area (Å²) in [5, 5.41) is 10.5. The van der Waals surface area contributed by atoms with Crippen molar-refractivity contribution >= 4 is 5.69 Å². The van der Waals surface area contributed by atoms with Crippen molar-refractivity contribution in [2.24, 2.45) is 0 Å². The number of hydrogen-bond acceptors (Lipinski definition) is 3. The highest BCUT2D eigenvalue weighted by Crippen LogP contribution is 2.21. The summed E-state index contributed by atoms with van der Waals surface area (Å²) in [5.41, 5.74) is -0.292. The van der Waals surface area contributed by atoms with E-state index in [0.717, 1.165) is 12.5 Å². The molecule has 0 fully saturated rings. The highest BCUT2D eigenvalue weighted by molar-refractivity contribution is 5.36. The number of hydrogen-bond donors (Lipinski definition) is 0. The quantitative estimate of drug-likeness (QED) is 0.573. The molecule has 1 aromatic carbocycles. The molecule has 0 saturated heterocycles. The third-order valence-corrected chi connectivity index (χ3v) is 2.35. The van der Waals surface area contributed by atoms with Crippen LogP contribution in [0, 0.1) is 15.9 Å². The van der Waals surface area contributed by atoms with Gasteiger partial charge in [0.1, 0.15) is 0 Å². The Hall–Kier alpha value is -1.49. The maximum atomic E-state index is 13.6. The summed E-state index contributed by atoms with van der Waals surface area (Å²) in [7, 11) is 0. The average Bonchev–Trinajstić information content (AvgIpc) is 2.26. The van der Waals surface area contributed by atoms with Crippen molar-refractivity contribution in [2.75, 3.05) is 0 Å². The van der Waals surface area contributed by atoms with Crippen molar-refractivity contribution in [3.63, 3.8) is 0 Å². The molecule has 4 nitrogen and oxygen atoms in total. The molecule has 16 heavy (non-hydrogen) atoms. The lowest BCUT2D eigenvalue weighted by Gasteiger charge is -2.10. The summed E-state index contributed by atoms with van der Waals surface area (Å²) in [6.45, 7) is 3.88. The molecule has 0 aliphatic heterocycles. The van der Waals surface area contributed by atoms with E-state index in [4.69, 9.17) is 4.74 Å². The van der Waals surface area contributed by atoms with Crippen molar-refractivity contribution < 1.29 is 14.1 Å². The fourth-order valence-corrected chi connectivity index (χ4v) is 1.17. The second kappa shape index (κ2) is 5.55. The Morgan fingerprint density at radius 1 is 1.56 bits per heavy atom. The smallest absolute Gasteiger partial charge is 0.305 e. The van der Waals surface area contributed by atoms with Gasteiger partial charge in [0.2, 0.25) is 5.82 Å². The summed E-state index contributed by atoms with van der Waals surface area (Å²) in [4.78, 5) is 9.76. The molecule has 1 atom stereocenters. The molecule has 5 heteroatoms. The number of halogens is 1. The summed E-state index contributed by atoms with van der Waals surface area (Å²) in [6, 6.07) is 4.09. The molecule has 0 heterocycles. The van der Waals surface area contributed by atoms with Gasteiger partial charge >= 0.3 is 5.69 Å². The van der Waals surface area contributed by atoms with Crippen LogP contribution in [0.2, 0.25) is 0 Å². The Morgan fingerprint density at radius 3 is 2.81 bits per heavy atom. The molecule has 1 rings (SSSR count). The monoisotopic (exact) mass is 227 g/mol. The normalized spacial score (nSPS) is 12.4. The zero-order chi connectivity index (χ0) is 12.1. The van der Waals surface area contributed by atoms with E-state index in [1.54, 1.807) is 0 Å². The minimum Gasteiger partial charge on any atom is -0.374 e. The van der Waals surface area contributed by atoms with Crippen LogP contribution in [0.4, 0.5) is 10.1 Å². The topological polar surface area (TPSA) is 52.4 Å². The fourth-order valence-electron chi connectivity index (χ4n) is 1.17. The van der Waals surface area contributed by atoms with Crippen molar-refractivity contribution in [3.05, 3.63) is 39.7 Å². The van der Waals surface area contributed by atoms with Crippen molar-refractivity contribution in [3.8, 4) is 0 Å². The number of nitro benzene ring substituents is 1. The van der Waals surface area contributed by atoms with Crippen LogP contribution >= 0.6 is 0 Å². The molecule has 0 saturated carbocycles. The predicted octanol–water partition coefficient (Wildman–Crippen LogP) is 3.05. The van der Waals surface area contributed by atoms with Gasteiger partial charge in [0.15, 0.2) is 0 Å². The van der Waals surface area contributed by atoms with Gasteiger partial charge in [0.25, 0.3) is 0 Å². The first-order valence-electron chi connectivity index (χ1n) is 5.09. The van der Waals surface area contributed by atoms with E-state index in [0.29, 0.717) is 0 Å². The van der Waals surface area contributed by atoms with Gasteiger partial charge in [-0.05, 0) is 13.3 Å². The number of benzene rings is 1. The molecule has 0 radical (unpaired) electrons. The molecule has 1 unspecified atom stereocenters. The van der Waals surface area contributed by atoms with E-state index in [2.05, 4.69) is 0 Å². The summed E-state index contributed by atoms with van der Waals surface area (Å²) < 4.78 is 18.9. The van der Waals surface area contributed by atoms with Crippen molar-refractivity contribution in [2.45, 2.75) is 33.0 Å². The second-order valence-corrected chi connectivity index (χ2v) is 3.54. The van der Waals surface area contributed by atoms with Gasteiger partial charge in [-0.1, -0.05) is 19.1 Å². The van der Waals surface area contributed by atoms with Crippen LogP contribution in [0.5, 0.6) is 0 Å². The van der Waals surface area contributed by atoms with Crippen molar-refractivity contribution in [1.29, 1.82) is 0 Å². The standard InChI is InChI=1S/C11H14FNO3/c1-3-8(2)16-7-9-5-4-6-10(11(9)12)13(14)15/h4-6,8H,3,7H2,1-2H3. The van der Waals surface area contributed by atoms with Crippen LogP contribution in [0.3, 0.4) is 0 Å². The van der Waals surface area contributed by atoms with E-state index in [1.165, 1.54) is 12.1 Å². The average molecular weight is 227 g/mol. The maximum absolute atomic E-state index is 13.6. The van der Waals surface area contributed by atoms with Gasteiger partial charge in [-0.3, -0.25) is 10.1 Å². The highest BCUT2D eigenvalue weighted by Gasteiger charge is 2.17. The van der Waals surface area contributed by atoms with Gasteiger partial charge in [0, 0.05) is 11.6 Å². The molecule has 1 aromatic rings. The molecule has 0 aliphatic carbocycles. The lowest BCUT2D eigenvalue weighted by Crippen LogP contribution is -2.07. The van der Waals surface area contributed by atoms with E-state index in [9.17, 15) is 14.5 Å². The van der Waals surface area contributed by atoms with E-state index in [1.807, 2.05) is 13.8 Å². The molecule has 0 bridgehead atoms. The molecule has 88 valence electrons. The zero-order valence-electron chi connectivity index (χ0n) is 9.27. The molecule has 0 spiro atoms. The Bertz CT molecular complexity index is 381. The van der Waals surface area contributed by atoms with Crippen LogP contribution in [0.1, 0.15) is 25.8 Å². The van der Waals surface area contributed by atoms with Crippen LogP contribution in [-0.2, 0) is 11.3 Å². The first kappa shape index (κ1) is 12.6. The Labute approximate surface area is 93.2 Å². The van der Waals surface area contributed by atoms with Gasteiger partial charge in [-0.2, -0.15) is 4.39 Å². The maximum Gasteiger partial charge on any atom is 0.305 e. The fraction of sp³-hybridized carbons (Fsp3) is 0.455. The Morgan fingerprint density at radius 2 is 2.25 bits per heavy atom. The van der Waals surface area contributed by atoms with E-state index < -0.39 is 16.4 Å². The minimum atomic E-state index is -0.809. The summed E-state index contributed by atoms with van der Waals surface area (Å²) >= 11 is 0. The van der Waals surface area contributed by atoms with Crippen LogP contribution < -0.4 is 0 Å².